The van der Waals surface area contributed by atoms with E-state index in [4.69, 9.17) is 9.26 Å². The number of ether oxygens (including phenoxy) is 1. The number of imidazole rings is 1. The average molecular weight is 376 g/mol. The number of carbonyl (C=O) groups excluding carboxylic acids is 1. The second kappa shape index (κ2) is 7.31. The molecule has 4 rings (SSSR count). The van der Waals surface area contributed by atoms with Gasteiger partial charge >= 0.3 is 0 Å². The highest BCUT2D eigenvalue weighted by atomic mass is 16.5. The van der Waals surface area contributed by atoms with E-state index < -0.39 is 0 Å². The van der Waals surface area contributed by atoms with Gasteiger partial charge in [-0.1, -0.05) is 11.2 Å². The van der Waals surface area contributed by atoms with Crippen molar-refractivity contribution in [3.63, 3.8) is 0 Å². The summed E-state index contributed by atoms with van der Waals surface area (Å²) in [6.07, 6.45) is 4.73. The molecule has 0 unspecified atom stereocenters. The first-order valence-corrected chi connectivity index (χ1v) is 8.39. The molecule has 9 heteroatoms. The predicted octanol–water partition coefficient (Wildman–Crippen LogP) is 2.89. The van der Waals surface area contributed by atoms with E-state index in [1.54, 1.807) is 61.3 Å². The number of pyridine rings is 1. The Morgan fingerprint density at radius 3 is 2.89 bits per heavy atom. The highest BCUT2D eigenvalue weighted by Crippen LogP contribution is 2.24. The minimum absolute atomic E-state index is 0.237. The number of nitrogens with one attached hydrogen (secondary N) is 1. The molecule has 0 saturated carbocycles. The minimum atomic E-state index is -0.349. The van der Waals surface area contributed by atoms with Crippen LogP contribution < -0.4 is 10.1 Å². The lowest BCUT2D eigenvalue weighted by molar-refractivity contribution is 0.102. The van der Waals surface area contributed by atoms with Crippen molar-refractivity contribution >= 4 is 11.6 Å². The third kappa shape index (κ3) is 3.45. The highest BCUT2D eigenvalue weighted by molar-refractivity contribution is 6.02. The third-order valence-electron chi connectivity index (χ3n) is 3.93. The molecule has 140 valence electrons. The van der Waals surface area contributed by atoms with E-state index in [0.717, 1.165) is 0 Å². The van der Waals surface area contributed by atoms with Crippen molar-refractivity contribution in [1.29, 1.82) is 0 Å². The molecule has 3 heterocycles. The number of anilines is 1. The fraction of sp³-hybridized carbons (Fsp3) is 0.105. The van der Waals surface area contributed by atoms with Crippen molar-refractivity contribution in [1.82, 2.24) is 24.7 Å². The molecule has 9 nitrogen and oxygen atoms in total. The Kier molecular flexibility index (Phi) is 4.55. The molecule has 1 amide bonds. The number of amides is 1. The van der Waals surface area contributed by atoms with Crippen molar-refractivity contribution in [3.05, 3.63) is 66.6 Å². The van der Waals surface area contributed by atoms with E-state index >= 15 is 0 Å². The molecule has 0 spiro atoms. The van der Waals surface area contributed by atoms with Crippen LogP contribution in [0, 0.1) is 6.92 Å². The van der Waals surface area contributed by atoms with Gasteiger partial charge in [0.15, 0.2) is 11.6 Å². The molecular formula is C19H16N6O3. The van der Waals surface area contributed by atoms with Crippen LogP contribution in [0.15, 0.2) is 59.6 Å². The van der Waals surface area contributed by atoms with Crippen LogP contribution in [0.3, 0.4) is 0 Å². The van der Waals surface area contributed by atoms with Crippen LogP contribution in [-0.2, 0) is 0 Å². The quantitative estimate of drug-likeness (QED) is 0.570. The molecule has 4 aromatic rings. The van der Waals surface area contributed by atoms with Crippen LogP contribution in [0.2, 0.25) is 0 Å². The summed E-state index contributed by atoms with van der Waals surface area (Å²) < 4.78 is 12.0. The summed E-state index contributed by atoms with van der Waals surface area (Å²) in [5.74, 6) is 1.69. The first kappa shape index (κ1) is 17.4. The Morgan fingerprint density at radius 2 is 2.11 bits per heavy atom. The second-order valence-corrected chi connectivity index (χ2v) is 5.87. The van der Waals surface area contributed by atoms with E-state index in [1.807, 2.05) is 6.07 Å². The molecule has 1 N–H and O–H groups in total. The molecule has 0 aliphatic heterocycles. The van der Waals surface area contributed by atoms with E-state index in [1.165, 1.54) is 6.33 Å². The van der Waals surface area contributed by atoms with Gasteiger partial charge in [-0.05, 0) is 31.2 Å². The van der Waals surface area contributed by atoms with Crippen LogP contribution in [0.5, 0.6) is 5.75 Å². The van der Waals surface area contributed by atoms with Gasteiger partial charge in [0.2, 0.25) is 0 Å². The molecule has 0 atom stereocenters. The standard InChI is InChI=1S/C19H16N6O3/c1-12-22-19(28-24-12)15-7-4-8-20-17(15)25-10-16(21-11-25)18(26)23-13-5-3-6-14(9-13)27-2/h3-11H,1-2H3,(H,23,26). The summed E-state index contributed by atoms with van der Waals surface area (Å²) >= 11 is 0. The lowest BCUT2D eigenvalue weighted by Gasteiger charge is -2.06. The number of rotatable bonds is 5. The SMILES string of the molecule is COc1cccc(NC(=O)c2cn(-c3ncccc3-c3nc(C)no3)cn2)c1. The summed E-state index contributed by atoms with van der Waals surface area (Å²) in [7, 11) is 1.57. The van der Waals surface area contributed by atoms with Gasteiger partial charge in [-0.15, -0.1) is 0 Å². The maximum Gasteiger partial charge on any atom is 0.275 e. The maximum absolute atomic E-state index is 12.5. The fourth-order valence-corrected chi connectivity index (χ4v) is 2.63. The molecular weight excluding hydrogens is 360 g/mol. The van der Waals surface area contributed by atoms with Crippen LogP contribution in [-0.4, -0.2) is 37.7 Å². The molecule has 28 heavy (non-hydrogen) atoms. The van der Waals surface area contributed by atoms with Gasteiger partial charge in [0.1, 0.15) is 17.8 Å². The van der Waals surface area contributed by atoms with Crippen molar-refractivity contribution < 1.29 is 14.1 Å². The largest absolute Gasteiger partial charge is 0.497 e. The average Bonchev–Trinajstić information content (AvgIpc) is 3.37. The van der Waals surface area contributed by atoms with Crippen molar-refractivity contribution in [2.45, 2.75) is 6.92 Å². The number of carbonyl (C=O) groups is 1. The Labute approximate surface area is 160 Å². The van der Waals surface area contributed by atoms with E-state index in [2.05, 4.69) is 25.4 Å². The molecule has 0 saturated heterocycles. The summed E-state index contributed by atoms with van der Waals surface area (Å²) in [4.78, 5) is 25.3. The van der Waals surface area contributed by atoms with Gasteiger partial charge in [-0.2, -0.15) is 4.98 Å². The number of benzene rings is 1. The number of methoxy groups -OCH3 is 1. The van der Waals surface area contributed by atoms with Crippen molar-refractivity contribution in [3.8, 4) is 23.0 Å². The van der Waals surface area contributed by atoms with Crippen molar-refractivity contribution in [2.24, 2.45) is 0 Å². The summed E-state index contributed by atoms with van der Waals surface area (Å²) in [6, 6.07) is 10.7. The van der Waals surface area contributed by atoms with Gasteiger partial charge in [0, 0.05) is 24.1 Å². The summed E-state index contributed by atoms with van der Waals surface area (Å²) in [6.45, 7) is 1.74. The maximum atomic E-state index is 12.5. The van der Waals surface area contributed by atoms with E-state index in [0.29, 0.717) is 34.5 Å². The normalized spacial score (nSPS) is 10.6. The van der Waals surface area contributed by atoms with E-state index in [-0.39, 0.29) is 11.6 Å². The monoisotopic (exact) mass is 376 g/mol. The topological polar surface area (TPSA) is 108 Å². The summed E-state index contributed by atoms with van der Waals surface area (Å²) in [5.41, 5.74) is 1.49. The smallest absolute Gasteiger partial charge is 0.275 e. The Bertz CT molecular complexity index is 1130. The van der Waals surface area contributed by atoms with E-state index in [9.17, 15) is 4.79 Å². The van der Waals surface area contributed by atoms with Gasteiger partial charge in [-0.25, -0.2) is 9.97 Å². The zero-order valence-corrected chi connectivity index (χ0v) is 15.2. The van der Waals surface area contributed by atoms with Crippen LogP contribution in [0.4, 0.5) is 5.69 Å². The molecule has 0 aliphatic rings. The Morgan fingerprint density at radius 1 is 1.21 bits per heavy atom. The Balaban J connectivity index is 1.60. The highest BCUT2D eigenvalue weighted by Gasteiger charge is 2.16. The zero-order valence-electron chi connectivity index (χ0n) is 15.2. The first-order chi connectivity index (χ1) is 13.6. The third-order valence-corrected chi connectivity index (χ3v) is 3.93. The molecule has 3 aromatic heterocycles. The van der Waals surface area contributed by atoms with Gasteiger partial charge in [0.05, 0.1) is 12.7 Å². The second-order valence-electron chi connectivity index (χ2n) is 5.87. The molecule has 0 fully saturated rings. The zero-order chi connectivity index (χ0) is 19.5. The predicted molar refractivity (Wildman–Crippen MR) is 100 cm³/mol. The summed E-state index contributed by atoms with van der Waals surface area (Å²) in [5, 5.41) is 6.60. The van der Waals surface area contributed by atoms with Gasteiger partial charge in [0.25, 0.3) is 11.8 Å². The number of nitrogens with zero attached hydrogens (tertiary/aromatic N) is 5. The van der Waals surface area contributed by atoms with Gasteiger partial charge < -0.3 is 14.6 Å². The lowest BCUT2D eigenvalue weighted by Crippen LogP contribution is -2.12. The van der Waals surface area contributed by atoms with Crippen LogP contribution in [0.1, 0.15) is 16.3 Å². The fourth-order valence-electron chi connectivity index (χ4n) is 2.63. The van der Waals surface area contributed by atoms with Crippen LogP contribution in [0.25, 0.3) is 17.3 Å². The first-order valence-electron chi connectivity index (χ1n) is 8.39. The number of hydrogen-bond acceptors (Lipinski definition) is 7. The molecule has 0 bridgehead atoms. The van der Waals surface area contributed by atoms with Crippen molar-refractivity contribution in [2.75, 3.05) is 12.4 Å². The van der Waals surface area contributed by atoms with Crippen LogP contribution >= 0.6 is 0 Å². The molecule has 0 radical (unpaired) electrons. The number of hydrogen-bond donors (Lipinski definition) is 1. The molecule has 0 aliphatic carbocycles. The number of aryl methyl sites for hydroxylation is 1. The van der Waals surface area contributed by atoms with Gasteiger partial charge in [-0.3, -0.25) is 9.36 Å². The Hall–Kier alpha value is -4.01. The minimum Gasteiger partial charge on any atom is -0.497 e. The number of aromatic nitrogens is 5. The lowest BCUT2D eigenvalue weighted by atomic mass is 10.2. The molecule has 1 aromatic carbocycles.